The number of anilines is 3. The van der Waals surface area contributed by atoms with Crippen LogP contribution in [-0.4, -0.2) is 26.0 Å². The van der Waals surface area contributed by atoms with Crippen molar-refractivity contribution in [3.63, 3.8) is 0 Å². The number of hydrogen-bond acceptors (Lipinski definition) is 6. The summed E-state index contributed by atoms with van der Waals surface area (Å²) in [6.07, 6.45) is 5.08. The smallest absolute Gasteiger partial charge is 0.223 e. The van der Waals surface area contributed by atoms with Crippen molar-refractivity contribution in [1.82, 2.24) is 19.9 Å². The Bertz CT molecular complexity index is 926. The van der Waals surface area contributed by atoms with Crippen molar-refractivity contribution in [2.24, 2.45) is 0 Å². The SMILES string of the molecule is Cc1cc(F)cc(Nc2ncnc3cnc(NC4CC4)nc23)c1F. The first-order valence-electron chi connectivity index (χ1n) is 7.57. The minimum atomic E-state index is -0.534. The predicted octanol–water partition coefficient (Wildman–Crippen LogP) is 3.32. The number of benzene rings is 1. The molecule has 0 atom stereocenters. The number of aromatic nitrogens is 4. The van der Waals surface area contributed by atoms with Crippen molar-refractivity contribution in [2.75, 3.05) is 10.6 Å². The number of fused-ring (bicyclic) bond motifs is 1. The summed E-state index contributed by atoms with van der Waals surface area (Å²) in [5.41, 5.74) is 1.17. The number of rotatable bonds is 4. The fraction of sp³-hybridized carbons (Fsp3) is 0.250. The van der Waals surface area contributed by atoms with Gasteiger partial charge in [0.15, 0.2) is 5.82 Å². The van der Waals surface area contributed by atoms with E-state index >= 15 is 0 Å². The Morgan fingerprint density at radius 3 is 2.75 bits per heavy atom. The molecule has 1 aromatic carbocycles. The average molecular weight is 328 g/mol. The normalized spacial score (nSPS) is 14.0. The molecule has 0 radical (unpaired) electrons. The topological polar surface area (TPSA) is 75.6 Å². The summed E-state index contributed by atoms with van der Waals surface area (Å²) in [6.45, 7) is 1.50. The molecular weight excluding hydrogens is 314 g/mol. The maximum atomic E-state index is 14.2. The van der Waals surface area contributed by atoms with Crippen molar-refractivity contribution >= 4 is 28.5 Å². The van der Waals surface area contributed by atoms with Crippen molar-refractivity contribution < 1.29 is 8.78 Å². The maximum absolute atomic E-state index is 14.2. The van der Waals surface area contributed by atoms with E-state index in [2.05, 4.69) is 30.6 Å². The highest BCUT2D eigenvalue weighted by Crippen LogP contribution is 2.27. The van der Waals surface area contributed by atoms with Gasteiger partial charge in [-0.15, -0.1) is 0 Å². The zero-order valence-corrected chi connectivity index (χ0v) is 12.8. The van der Waals surface area contributed by atoms with Crippen LogP contribution >= 0.6 is 0 Å². The van der Waals surface area contributed by atoms with Crippen molar-refractivity contribution in [3.8, 4) is 0 Å². The lowest BCUT2D eigenvalue weighted by Crippen LogP contribution is -2.07. The number of nitrogens with one attached hydrogen (secondary N) is 2. The van der Waals surface area contributed by atoms with Gasteiger partial charge in [-0.3, -0.25) is 0 Å². The largest absolute Gasteiger partial charge is 0.351 e. The molecule has 0 unspecified atom stereocenters. The van der Waals surface area contributed by atoms with E-state index in [1.807, 2.05) is 0 Å². The Morgan fingerprint density at radius 1 is 1.12 bits per heavy atom. The Hall–Kier alpha value is -2.90. The van der Waals surface area contributed by atoms with Gasteiger partial charge < -0.3 is 10.6 Å². The van der Waals surface area contributed by atoms with Gasteiger partial charge in [0.25, 0.3) is 0 Å². The zero-order chi connectivity index (χ0) is 16.7. The van der Waals surface area contributed by atoms with Gasteiger partial charge in [0.1, 0.15) is 29.0 Å². The van der Waals surface area contributed by atoms with Crippen molar-refractivity contribution in [1.29, 1.82) is 0 Å². The minimum Gasteiger partial charge on any atom is -0.351 e. The van der Waals surface area contributed by atoms with Gasteiger partial charge in [-0.2, -0.15) is 0 Å². The van der Waals surface area contributed by atoms with Crippen LogP contribution in [0.3, 0.4) is 0 Å². The molecule has 122 valence electrons. The van der Waals surface area contributed by atoms with E-state index in [9.17, 15) is 8.78 Å². The van der Waals surface area contributed by atoms with Crippen LogP contribution in [0.15, 0.2) is 24.7 Å². The highest BCUT2D eigenvalue weighted by molar-refractivity contribution is 5.87. The molecule has 8 heteroatoms. The number of nitrogens with zero attached hydrogens (tertiary/aromatic N) is 4. The molecule has 3 aromatic rings. The van der Waals surface area contributed by atoms with Gasteiger partial charge in [-0.25, -0.2) is 28.7 Å². The third-order valence-electron chi connectivity index (χ3n) is 3.76. The summed E-state index contributed by atoms with van der Waals surface area (Å²) in [4.78, 5) is 16.8. The van der Waals surface area contributed by atoms with E-state index < -0.39 is 11.6 Å². The van der Waals surface area contributed by atoms with Gasteiger partial charge in [-0.05, 0) is 31.4 Å². The molecular formula is C16H14F2N6. The molecule has 1 fully saturated rings. The monoisotopic (exact) mass is 328 g/mol. The first kappa shape index (κ1) is 14.7. The first-order valence-corrected chi connectivity index (χ1v) is 7.57. The summed E-state index contributed by atoms with van der Waals surface area (Å²) in [5, 5.41) is 6.00. The third kappa shape index (κ3) is 2.82. The summed E-state index contributed by atoms with van der Waals surface area (Å²) < 4.78 is 27.8. The lowest BCUT2D eigenvalue weighted by atomic mass is 10.2. The van der Waals surface area contributed by atoms with Crippen LogP contribution in [-0.2, 0) is 0 Å². The van der Waals surface area contributed by atoms with Gasteiger partial charge in [0.2, 0.25) is 5.95 Å². The molecule has 0 amide bonds. The average Bonchev–Trinajstić information content (AvgIpc) is 3.36. The summed E-state index contributed by atoms with van der Waals surface area (Å²) in [6, 6.07) is 2.62. The second-order valence-electron chi connectivity index (χ2n) is 5.78. The highest BCUT2D eigenvalue weighted by atomic mass is 19.1. The van der Waals surface area contributed by atoms with E-state index in [1.54, 1.807) is 6.20 Å². The quantitative estimate of drug-likeness (QED) is 0.765. The molecule has 0 aliphatic heterocycles. The molecule has 0 bridgehead atoms. The molecule has 1 aliphatic rings. The van der Waals surface area contributed by atoms with Crippen LogP contribution in [0.4, 0.5) is 26.2 Å². The minimum absolute atomic E-state index is 0.00261. The van der Waals surface area contributed by atoms with Gasteiger partial charge in [0, 0.05) is 12.1 Å². The van der Waals surface area contributed by atoms with Crippen LogP contribution in [0.25, 0.3) is 11.0 Å². The van der Waals surface area contributed by atoms with Crippen LogP contribution in [0.1, 0.15) is 18.4 Å². The molecule has 1 saturated carbocycles. The van der Waals surface area contributed by atoms with Gasteiger partial charge in [0.05, 0.1) is 11.9 Å². The van der Waals surface area contributed by atoms with Crippen molar-refractivity contribution in [2.45, 2.75) is 25.8 Å². The van der Waals surface area contributed by atoms with Crippen LogP contribution in [0, 0.1) is 18.6 Å². The summed E-state index contributed by atoms with van der Waals surface area (Å²) >= 11 is 0. The summed E-state index contributed by atoms with van der Waals surface area (Å²) in [7, 11) is 0. The summed E-state index contributed by atoms with van der Waals surface area (Å²) in [5.74, 6) is -0.294. The Labute approximate surface area is 136 Å². The predicted molar refractivity (Wildman–Crippen MR) is 86.2 cm³/mol. The molecule has 24 heavy (non-hydrogen) atoms. The number of halogens is 2. The first-order chi connectivity index (χ1) is 11.6. The Morgan fingerprint density at radius 2 is 1.96 bits per heavy atom. The van der Waals surface area contributed by atoms with Crippen molar-refractivity contribution in [3.05, 3.63) is 41.9 Å². The second kappa shape index (κ2) is 5.63. The van der Waals surface area contributed by atoms with Crippen LogP contribution < -0.4 is 10.6 Å². The van der Waals surface area contributed by atoms with E-state index in [4.69, 9.17) is 0 Å². The number of aryl methyl sites for hydroxylation is 1. The molecule has 4 rings (SSSR count). The van der Waals surface area contributed by atoms with Gasteiger partial charge in [-0.1, -0.05) is 0 Å². The van der Waals surface area contributed by atoms with E-state index in [-0.39, 0.29) is 11.3 Å². The lowest BCUT2D eigenvalue weighted by molar-refractivity contribution is 0.596. The molecule has 6 nitrogen and oxygen atoms in total. The second-order valence-corrected chi connectivity index (χ2v) is 5.78. The molecule has 0 saturated heterocycles. The van der Waals surface area contributed by atoms with E-state index in [0.717, 1.165) is 25.0 Å². The zero-order valence-electron chi connectivity index (χ0n) is 12.8. The third-order valence-corrected chi connectivity index (χ3v) is 3.76. The van der Waals surface area contributed by atoms with E-state index in [0.29, 0.717) is 28.8 Å². The number of hydrogen-bond donors (Lipinski definition) is 2. The fourth-order valence-electron chi connectivity index (χ4n) is 2.37. The maximum Gasteiger partial charge on any atom is 0.223 e. The van der Waals surface area contributed by atoms with Crippen LogP contribution in [0.5, 0.6) is 0 Å². The molecule has 0 spiro atoms. The molecule has 2 N–H and O–H groups in total. The Kier molecular flexibility index (Phi) is 3.44. The fourth-order valence-corrected chi connectivity index (χ4v) is 2.37. The molecule has 2 aromatic heterocycles. The van der Waals surface area contributed by atoms with E-state index in [1.165, 1.54) is 13.3 Å². The van der Waals surface area contributed by atoms with Crippen LogP contribution in [0.2, 0.25) is 0 Å². The highest BCUT2D eigenvalue weighted by Gasteiger charge is 2.22. The standard InChI is InChI=1S/C16H14F2N6/c1-8-4-9(17)5-11(13(8)18)23-15-14-12(20-7-21-15)6-19-16(24-14)22-10-2-3-10/h4-7,10H,2-3H2,1H3,(H,19,22,24)(H,20,21,23). The molecule has 1 aliphatic carbocycles. The molecule has 2 heterocycles. The Balaban J connectivity index is 1.75. The van der Waals surface area contributed by atoms with Gasteiger partial charge >= 0.3 is 0 Å². The lowest BCUT2D eigenvalue weighted by Gasteiger charge is -2.11.